The van der Waals surface area contributed by atoms with Gasteiger partial charge in [0.25, 0.3) is 0 Å². The fourth-order valence-corrected chi connectivity index (χ4v) is 5.07. The Hall–Kier alpha value is -1.92. The van der Waals surface area contributed by atoms with Crippen LogP contribution in [0.5, 0.6) is 0 Å². The largest absolute Gasteiger partial charge is 0.425 e. The summed E-state index contributed by atoms with van der Waals surface area (Å²) in [4.78, 5) is 13.2. The number of hydrogen-bond donors (Lipinski definition) is 0. The van der Waals surface area contributed by atoms with Gasteiger partial charge in [-0.3, -0.25) is 4.79 Å². The topological polar surface area (TPSA) is 26.3 Å². The standard InChI is InChI=1S/C22H25F3O2Si/c1-12-8-16-18(10-14(12)3)21(22(23,24)25,27-28(5,6)7)19-11-15(4)13(2)9-17(19)20(16)26/h8-11H,1-7H3. The summed E-state index contributed by atoms with van der Waals surface area (Å²) >= 11 is 0. The van der Waals surface area contributed by atoms with Crippen molar-refractivity contribution in [2.45, 2.75) is 59.1 Å². The second-order valence-electron chi connectivity index (χ2n) is 8.69. The lowest BCUT2D eigenvalue weighted by Crippen LogP contribution is -2.54. The summed E-state index contributed by atoms with van der Waals surface area (Å²) in [5.74, 6) is -0.379. The van der Waals surface area contributed by atoms with Gasteiger partial charge >= 0.3 is 6.18 Å². The molecule has 3 rings (SSSR count). The molecule has 150 valence electrons. The summed E-state index contributed by atoms with van der Waals surface area (Å²) in [7, 11) is -2.68. The molecule has 6 heteroatoms. The number of benzene rings is 2. The molecule has 0 aliphatic heterocycles. The van der Waals surface area contributed by atoms with E-state index in [9.17, 15) is 18.0 Å². The molecule has 0 N–H and O–H groups in total. The van der Waals surface area contributed by atoms with Gasteiger partial charge in [0.1, 0.15) is 0 Å². The Morgan fingerprint density at radius 1 is 0.786 bits per heavy atom. The highest BCUT2D eigenvalue weighted by atomic mass is 28.4. The molecule has 0 atom stereocenters. The molecule has 2 aromatic rings. The minimum atomic E-state index is -4.72. The van der Waals surface area contributed by atoms with Crippen molar-refractivity contribution < 1.29 is 22.4 Å². The quantitative estimate of drug-likeness (QED) is 0.562. The summed E-state index contributed by atoms with van der Waals surface area (Å²) in [5.41, 5.74) is 0.291. The van der Waals surface area contributed by atoms with Crippen molar-refractivity contribution in [1.29, 1.82) is 0 Å². The van der Waals surface area contributed by atoms with Crippen LogP contribution in [-0.2, 0) is 10.0 Å². The van der Waals surface area contributed by atoms with Gasteiger partial charge in [-0.15, -0.1) is 0 Å². The maximum Gasteiger partial charge on any atom is 0.425 e. The van der Waals surface area contributed by atoms with Gasteiger partial charge < -0.3 is 4.43 Å². The second-order valence-corrected chi connectivity index (χ2v) is 13.1. The van der Waals surface area contributed by atoms with E-state index in [4.69, 9.17) is 4.43 Å². The zero-order chi connectivity index (χ0) is 21.2. The highest BCUT2D eigenvalue weighted by Gasteiger charge is 2.63. The van der Waals surface area contributed by atoms with Crippen LogP contribution in [0, 0.1) is 27.7 Å². The Morgan fingerprint density at radius 3 is 1.46 bits per heavy atom. The molecule has 0 heterocycles. The van der Waals surface area contributed by atoms with Gasteiger partial charge in [0, 0.05) is 22.3 Å². The number of aryl methyl sites for hydroxylation is 4. The van der Waals surface area contributed by atoms with Crippen molar-refractivity contribution in [2.24, 2.45) is 0 Å². The highest BCUT2D eigenvalue weighted by molar-refractivity contribution is 6.69. The maximum atomic E-state index is 14.9. The van der Waals surface area contributed by atoms with Crippen LogP contribution in [-0.4, -0.2) is 20.3 Å². The van der Waals surface area contributed by atoms with E-state index in [1.165, 1.54) is 12.1 Å². The van der Waals surface area contributed by atoms with Crippen LogP contribution in [0.2, 0.25) is 19.6 Å². The van der Waals surface area contributed by atoms with Gasteiger partial charge in [-0.2, -0.15) is 13.2 Å². The van der Waals surface area contributed by atoms with Gasteiger partial charge in [0.15, 0.2) is 14.1 Å². The number of ketones is 1. The van der Waals surface area contributed by atoms with Crippen LogP contribution in [0.1, 0.15) is 49.3 Å². The maximum absolute atomic E-state index is 14.9. The zero-order valence-electron chi connectivity index (χ0n) is 17.3. The third-order valence-corrected chi connectivity index (χ3v) is 6.29. The molecule has 0 bridgehead atoms. The number of fused-ring (bicyclic) bond motifs is 2. The van der Waals surface area contributed by atoms with Crippen LogP contribution in [0.15, 0.2) is 24.3 Å². The lowest BCUT2D eigenvalue weighted by Gasteiger charge is -2.45. The lowest BCUT2D eigenvalue weighted by molar-refractivity contribution is -0.241. The smallest absolute Gasteiger partial charge is 0.397 e. The van der Waals surface area contributed by atoms with Gasteiger partial charge in [0.05, 0.1) is 0 Å². The van der Waals surface area contributed by atoms with Crippen molar-refractivity contribution in [3.05, 3.63) is 68.8 Å². The third kappa shape index (κ3) is 3.03. The molecule has 0 radical (unpaired) electrons. The first-order valence-electron chi connectivity index (χ1n) is 9.24. The number of carbonyl (C=O) groups excluding carboxylic acids is 1. The van der Waals surface area contributed by atoms with E-state index in [2.05, 4.69) is 0 Å². The fourth-order valence-electron chi connectivity index (χ4n) is 3.81. The Labute approximate surface area is 164 Å². The predicted octanol–water partition coefficient (Wildman–Crippen LogP) is 6.12. The predicted molar refractivity (Wildman–Crippen MR) is 107 cm³/mol. The monoisotopic (exact) mass is 406 g/mol. The molecule has 0 saturated carbocycles. The molecule has 0 saturated heterocycles. The van der Waals surface area contributed by atoms with E-state index in [0.717, 1.165) is 11.1 Å². The molecule has 0 unspecified atom stereocenters. The van der Waals surface area contributed by atoms with E-state index in [1.54, 1.807) is 59.5 Å². The number of halogens is 3. The molecule has 28 heavy (non-hydrogen) atoms. The molecule has 2 nitrogen and oxygen atoms in total. The molecule has 0 fully saturated rings. The van der Waals surface area contributed by atoms with Gasteiger partial charge in [-0.1, -0.05) is 12.1 Å². The molecule has 2 aromatic carbocycles. The normalized spacial score (nSPS) is 16.0. The fraction of sp³-hybridized carbons (Fsp3) is 0.409. The van der Waals surface area contributed by atoms with Crippen LogP contribution < -0.4 is 0 Å². The summed E-state index contributed by atoms with van der Waals surface area (Å²) in [6.45, 7) is 12.3. The van der Waals surface area contributed by atoms with Crippen molar-refractivity contribution >= 4 is 14.1 Å². The van der Waals surface area contributed by atoms with Crippen LogP contribution in [0.3, 0.4) is 0 Å². The summed E-state index contributed by atoms with van der Waals surface area (Å²) in [6, 6.07) is 6.10. The van der Waals surface area contributed by atoms with E-state index >= 15 is 0 Å². The molecule has 0 aromatic heterocycles. The molecular formula is C22H25F3O2Si. The molecular weight excluding hydrogens is 381 g/mol. The average molecular weight is 407 g/mol. The first-order chi connectivity index (χ1) is 12.7. The molecule has 0 amide bonds. The summed E-state index contributed by atoms with van der Waals surface area (Å²) in [5, 5.41) is 0. The van der Waals surface area contributed by atoms with Crippen LogP contribution >= 0.6 is 0 Å². The first kappa shape index (κ1) is 20.8. The first-order valence-corrected chi connectivity index (χ1v) is 12.6. The number of carbonyl (C=O) groups is 1. The number of alkyl halides is 3. The van der Waals surface area contributed by atoms with Crippen molar-refractivity contribution in [1.82, 2.24) is 0 Å². The van der Waals surface area contributed by atoms with Gasteiger partial charge in [0.2, 0.25) is 5.60 Å². The number of hydrogen-bond acceptors (Lipinski definition) is 2. The molecule has 0 spiro atoms. The van der Waals surface area contributed by atoms with Crippen molar-refractivity contribution in [3.8, 4) is 0 Å². The SMILES string of the molecule is Cc1cc2c(cc1C)C(O[Si](C)(C)C)(C(F)(F)F)c1cc(C)c(C)cc1C2=O. The lowest BCUT2D eigenvalue weighted by atomic mass is 9.72. The van der Waals surface area contributed by atoms with E-state index in [-0.39, 0.29) is 28.0 Å². The Balaban J connectivity index is 2.54. The minimum absolute atomic E-state index is 0.0782. The average Bonchev–Trinajstić information content (AvgIpc) is 2.53. The van der Waals surface area contributed by atoms with Crippen LogP contribution in [0.25, 0.3) is 0 Å². The Kier molecular flexibility index (Phi) is 4.67. The van der Waals surface area contributed by atoms with E-state index in [1.807, 2.05) is 0 Å². The second kappa shape index (κ2) is 6.29. The highest BCUT2D eigenvalue weighted by Crippen LogP contribution is 2.54. The zero-order valence-corrected chi connectivity index (χ0v) is 18.3. The Morgan fingerprint density at radius 2 is 1.14 bits per heavy atom. The molecule has 1 aliphatic rings. The van der Waals surface area contributed by atoms with Gasteiger partial charge in [-0.05, 0) is 81.7 Å². The van der Waals surface area contributed by atoms with Crippen molar-refractivity contribution in [3.63, 3.8) is 0 Å². The van der Waals surface area contributed by atoms with Crippen LogP contribution in [0.4, 0.5) is 13.2 Å². The number of rotatable bonds is 2. The minimum Gasteiger partial charge on any atom is -0.397 e. The Bertz CT molecular complexity index is 923. The third-order valence-electron chi connectivity index (χ3n) is 5.37. The van der Waals surface area contributed by atoms with Gasteiger partial charge in [-0.25, -0.2) is 0 Å². The molecule has 1 aliphatic carbocycles. The van der Waals surface area contributed by atoms with E-state index < -0.39 is 20.1 Å². The van der Waals surface area contributed by atoms with Crippen molar-refractivity contribution in [2.75, 3.05) is 0 Å². The van der Waals surface area contributed by atoms with E-state index in [0.29, 0.717) is 11.1 Å². The summed E-state index contributed by atoms with van der Waals surface area (Å²) in [6.07, 6.45) is -4.72. The summed E-state index contributed by atoms with van der Waals surface area (Å²) < 4.78 is 50.6.